The molecule has 0 heterocycles. The first-order valence-corrected chi connectivity index (χ1v) is 12.0. The van der Waals surface area contributed by atoms with Crippen LogP contribution < -0.4 is 19.5 Å². The van der Waals surface area contributed by atoms with E-state index in [-0.39, 0.29) is 16.1 Å². The van der Waals surface area contributed by atoms with E-state index in [2.05, 4.69) is 10.0 Å². The van der Waals surface area contributed by atoms with Gasteiger partial charge < -0.3 is 19.5 Å². The maximum Gasteiger partial charge on any atom is 0.340 e. The molecule has 1 amide bonds. The third kappa shape index (κ3) is 6.30. The Hall–Kier alpha value is -4.05. The van der Waals surface area contributed by atoms with Crippen LogP contribution in [0.15, 0.2) is 65.6 Å². The molecule has 0 saturated carbocycles. The van der Waals surface area contributed by atoms with Gasteiger partial charge in [0.15, 0.2) is 6.61 Å². The van der Waals surface area contributed by atoms with Crippen molar-refractivity contribution in [3.8, 4) is 11.5 Å². The minimum atomic E-state index is -3.97. The van der Waals surface area contributed by atoms with E-state index in [1.165, 1.54) is 26.4 Å². The van der Waals surface area contributed by atoms with E-state index in [9.17, 15) is 18.0 Å². The minimum absolute atomic E-state index is 0.0313. The van der Waals surface area contributed by atoms with Gasteiger partial charge >= 0.3 is 5.97 Å². The summed E-state index contributed by atoms with van der Waals surface area (Å²) in [5.74, 6) is -0.544. The largest absolute Gasteiger partial charge is 0.497 e. The number of methoxy groups -OCH3 is 2. The van der Waals surface area contributed by atoms with Crippen LogP contribution in [0.1, 0.15) is 21.5 Å². The van der Waals surface area contributed by atoms with Crippen molar-refractivity contribution in [3.05, 3.63) is 77.4 Å². The SMILES string of the molecule is COc1ccc(NC(=O)COC(=O)c2ccccc2NS(=O)(=O)c2cc(C)ccc2C)c(OC)c1. The van der Waals surface area contributed by atoms with Gasteiger partial charge in [-0.05, 0) is 55.3 Å². The number of amides is 1. The third-order valence-corrected chi connectivity index (χ3v) is 6.55. The summed E-state index contributed by atoms with van der Waals surface area (Å²) in [6.45, 7) is 2.88. The maximum atomic E-state index is 13.0. The number of anilines is 2. The van der Waals surface area contributed by atoms with Crippen LogP contribution >= 0.6 is 0 Å². The first-order chi connectivity index (χ1) is 16.6. The number of aryl methyl sites for hydroxylation is 2. The summed E-state index contributed by atoms with van der Waals surface area (Å²) in [6, 6.07) is 15.9. The highest BCUT2D eigenvalue weighted by atomic mass is 32.2. The number of hydrogen-bond acceptors (Lipinski definition) is 7. The van der Waals surface area contributed by atoms with E-state index in [1.54, 1.807) is 56.3 Å². The van der Waals surface area contributed by atoms with E-state index in [4.69, 9.17) is 14.2 Å². The molecular formula is C25H26N2O7S. The standard InChI is InChI=1S/C25H26N2O7S/c1-16-9-10-17(2)23(13-16)35(30,31)27-20-8-6-5-7-19(20)25(29)34-15-24(28)26-21-12-11-18(32-3)14-22(21)33-4/h5-14,27H,15H2,1-4H3,(H,26,28). The lowest BCUT2D eigenvalue weighted by Gasteiger charge is -2.14. The normalized spacial score (nSPS) is 10.9. The van der Waals surface area contributed by atoms with Crippen LogP contribution in [0.25, 0.3) is 0 Å². The lowest BCUT2D eigenvalue weighted by atomic mass is 10.2. The van der Waals surface area contributed by atoms with Gasteiger partial charge in [-0.3, -0.25) is 9.52 Å². The molecule has 0 saturated heterocycles. The van der Waals surface area contributed by atoms with Crippen molar-refractivity contribution in [2.75, 3.05) is 30.9 Å². The Balaban J connectivity index is 1.71. The van der Waals surface area contributed by atoms with E-state index in [0.717, 1.165) is 5.56 Å². The van der Waals surface area contributed by atoms with Crippen molar-refractivity contribution in [2.45, 2.75) is 18.7 Å². The Labute approximate surface area is 204 Å². The average Bonchev–Trinajstić information content (AvgIpc) is 2.84. The molecule has 10 heteroatoms. The van der Waals surface area contributed by atoms with Crippen molar-refractivity contribution < 1.29 is 32.2 Å². The third-order valence-electron chi connectivity index (χ3n) is 5.04. The quantitative estimate of drug-likeness (QED) is 0.429. The van der Waals surface area contributed by atoms with Crippen LogP contribution in [-0.4, -0.2) is 41.1 Å². The van der Waals surface area contributed by atoms with Crippen LogP contribution in [0.5, 0.6) is 11.5 Å². The molecule has 9 nitrogen and oxygen atoms in total. The topological polar surface area (TPSA) is 120 Å². The number of esters is 1. The van der Waals surface area contributed by atoms with Crippen molar-refractivity contribution in [1.82, 2.24) is 0 Å². The molecule has 3 aromatic rings. The van der Waals surface area contributed by atoms with E-state index in [1.807, 2.05) is 6.07 Å². The van der Waals surface area contributed by atoms with Gasteiger partial charge in [-0.15, -0.1) is 0 Å². The van der Waals surface area contributed by atoms with Crippen LogP contribution in [0.3, 0.4) is 0 Å². The fourth-order valence-corrected chi connectivity index (χ4v) is 4.65. The molecule has 0 atom stereocenters. The molecule has 0 aliphatic heterocycles. The van der Waals surface area contributed by atoms with Gasteiger partial charge in [0.05, 0.1) is 36.1 Å². The lowest BCUT2D eigenvalue weighted by molar-refractivity contribution is -0.119. The monoisotopic (exact) mass is 498 g/mol. The molecule has 3 rings (SSSR count). The number of benzene rings is 3. The molecule has 0 fully saturated rings. The number of sulfonamides is 1. The number of ether oxygens (including phenoxy) is 3. The van der Waals surface area contributed by atoms with Gasteiger partial charge in [-0.1, -0.05) is 24.3 Å². The van der Waals surface area contributed by atoms with Crippen molar-refractivity contribution in [2.24, 2.45) is 0 Å². The van der Waals surface area contributed by atoms with Crippen LogP contribution in [0, 0.1) is 13.8 Å². The summed E-state index contributed by atoms with van der Waals surface area (Å²) in [5.41, 5.74) is 1.72. The molecule has 2 N–H and O–H groups in total. The number of hydrogen-bond donors (Lipinski definition) is 2. The molecule has 0 aliphatic carbocycles. The summed E-state index contributed by atoms with van der Waals surface area (Å²) in [4.78, 5) is 25.2. The zero-order chi connectivity index (χ0) is 25.6. The minimum Gasteiger partial charge on any atom is -0.497 e. The fraction of sp³-hybridized carbons (Fsp3) is 0.200. The van der Waals surface area contributed by atoms with Crippen molar-refractivity contribution in [3.63, 3.8) is 0 Å². The van der Waals surface area contributed by atoms with Gasteiger partial charge in [-0.2, -0.15) is 0 Å². The highest BCUT2D eigenvalue weighted by Gasteiger charge is 2.22. The molecule has 0 aliphatic rings. The van der Waals surface area contributed by atoms with Crippen molar-refractivity contribution in [1.29, 1.82) is 0 Å². The second-order valence-corrected chi connectivity index (χ2v) is 9.26. The zero-order valence-corrected chi connectivity index (χ0v) is 20.6. The predicted octanol–water partition coefficient (Wildman–Crippen LogP) is 3.92. The highest BCUT2D eigenvalue weighted by molar-refractivity contribution is 7.92. The fourth-order valence-electron chi connectivity index (χ4n) is 3.24. The summed E-state index contributed by atoms with van der Waals surface area (Å²) in [6.07, 6.45) is 0. The van der Waals surface area contributed by atoms with Gasteiger partial charge in [0.1, 0.15) is 11.5 Å². The Morgan fingerprint density at radius 3 is 2.34 bits per heavy atom. The Bertz CT molecular complexity index is 1350. The molecule has 35 heavy (non-hydrogen) atoms. The van der Waals surface area contributed by atoms with Crippen LogP contribution in [-0.2, 0) is 19.6 Å². The Kier molecular flexibility index (Phi) is 7.98. The number of carbonyl (C=O) groups excluding carboxylic acids is 2. The molecule has 3 aromatic carbocycles. The molecule has 0 unspecified atom stereocenters. The number of para-hydroxylation sites is 1. The molecule has 0 bridgehead atoms. The van der Waals surface area contributed by atoms with E-state index < -0.39 is 28.5 Å². The smallest absolute Gasteiger partial charge is 0.340 e. The lowest BCUT2D eigenvalue weighted by Crippen LogP contribution is -2.22. The predicted molar refractivity (Wildman–Crippen MR) is 132 cm³/mol. The first-order valence-electron chi connectivity index (χ1n) is 10.5. The molecular weight excluding hydrogens is 472 g/mol. The van der Waals surface area contributed by atoms with Gasteiger partial charge in [0, 0.05) is 6.07 Å². The molecule has 0 aromatic heterocycles. The van der Waals surface area contributed by atoms with E-state index in [0.29, 0.717) is 22.7 Å². The summed E-state index contributed by atoms with van der Waals surface area (Å²) in [7, 11) is -1.02. The van der Waals surface area contributed by atoms with Gasteiger partial charge in [0.25, 0.3) is 15.9 Å². The van der Waals surface area contributed by atoms with E-state index >= 15 is 0 Å². The second kappa shape index (κ2) is 10.9. The van der Waals surface area contributed by atoms with Gasteiger partial charge in [0.2, 0.25) is 0 Å². The number of nitrogens with one attached hydrogen (secondary N) is 2. The highest BCUT2D eigenvalue weighted by Crippen LogP contribution is 2.29. The molecule has 0 spiro atoms. The molecule has 0 radical (unpaired) electrons. The zero-order valence-electron chi connectivity index (χ0n) is 19.7. The van der Waals surface area contributed by atoms with Crippen molar-refractivity contribution >= 4 is 33.3 Å². The van der Waals surface area contributed by atoms with Crippen LogP contribution in [0.2, 0.25) is 0 Å². The first kappa shape index (κ1) is 25.6. The number of carbonyl (C=O) groups is 2. The van der Waals surface area contributed by atoms with Gasteiger partial charge in [-0.25, -0.2) is 13.2 Å². The summed E-state index contributed by atoms with van der Waals surface area (Å²) in [5, 5.41) is 2.60. The van der Waals surface area contributed by atoms with Crippen LogP contribution in [0.4, 0.5) is 11.4 Å². The Morgan fingerprint density at radius 2 is 1.63 bits per heavy atom. The second-order valence-electron chi connectivity index (χ2n) is 7.61. The maximum absolute atomic E-state index is 13.0. The molecule has 184 valence electrons. The average molecular weight is 499 g/mol. The summed E-state index contributed by atoms with van der Waals surface area (Å²) < 4.78 is 43.9. The number of rotatable bonds is 9. The Morgan fingerprint density at radius 1 is 0.886 bits per heavy atom. The summed E-state index contributed by atoms with van der Waals surface area (Å²) >= 11 is 0.